The minimum atomic E-state index is 0.392. The van der Waals surface area contributed by atoms with Crippen LogP contribution < -0.4 is 10.1 Å². The monoisotopic (exact) mass is 368 g/mol. The molecule has 1 heterocycles. The second-order valence-corrected chi connectivity index (χ2v) is 6.38. The fourth-order valence-electron chi connectivity index (χ4n) is 1.85. The lowest BCUT2D eigenvalue weighted by Crippen LogP contribution is -2.22. The number of nitrogens with one attached hydrogen (secondary N) is 1. The summed E-state index contributed by atoms with van der Waals surface area (Å²) < 4.78 is 6.85. The van der Waals surface area contributed by atoms with E-state index in [-0.39, 0.29) is 0 Å². The molecule has 0 amide bonds. The second-order valence-electron chi connectivity index (χ2n) is 5.05. The molecule has 112 valence electrons. The normalized spacial score (nSPS) is 10.9. The highest BCUT2D eigenvalue weighted by Crippen LogP contribution is 2.27. The molecule has 0 saturated heterocycles. The number of pyridine rings is 1. The Kier molecular flexibility index (Phi) is 6.03. The number of halogens is 2. The van der Waals surface area contributed by atoms with Crippen LogP contribution in [0, 0.1) is 0 Å². The van der Waals surface area contributed by atoms with Crippen LogP contribution in [0.4, 0.5) is 0 Å². The van der Waals surface area contributed by atoms with E-state index in [0.29, 0.717) is 24.2 Å². The molecule has 0 fully saturated rings. The average molecular weight is 370 g/mol. The van der Waals surface area contributed by atoms with Crippen LogP contribution in [0.15, 0.2) is 41.1 Å². The number of benzene rings is 1. The van der Waals surface area contributed by atoms with Crippen LogP contribution >= 0.6 is 27.5 Å². The van der Waals surface area contributed by atoms with Gasteiger partial charge >= 0.3 is 0 Å². The van der Waals surface area contributed by atoms with Gasteiger partial charge in [0.2, 0.25) is 0 Å². The summed E-state index contributed by atoms with van der Waals surface area (Å²) in [7, 11) is 0. The summed E-state index contributed by atoms with van der Waals surface area (Å²) in [5.74, 6) is 0.802. The maximum atomic E-state index is 6.28. The van der Waals surface area contributed by atoms with Gasteiger partial charge in [0.1, 0.15) is 12.4 Å². The summed E-state index contributed by atoms with van der Waals surface area (Å²) in [6.07, 6.45) is 3.54. The standard InChI is InChI=1S/C16H18BrClN2O/c1-11(2)20-9-14-15(18)4-3-5-16(14)21-10-12-6-13(17)8-19-7-12/h3-8,11,20H,9-10H2,1-2H3. The van der Waals surface area contributed by atoms with Crippen molar-refractivity contribution >= 4 is 27.5 Å². The van der Waals surface area contributed by atoms with Crippen molar-refractivity contribution in [3.63, 3.8) is 0 Å². The Labute approximate surface area is 138 Å². The SMILES string of the molecule is CC(C)NCc1c(Cl)cccc1OCc1cncc(Br)c1. The molecule has 0 saturated carbocycles. The molecule has 0 aliphatic heterocycles. The van der Waals surface area contributed by atoms with Crippen molar-refractivity contribution in [2.75, 3.05) is 0 Å². The van der Waals surface area contributed by atoms with Gasteiger partial charge in [0.05, 0.1) is 0 Å². The summed E-state index contributed by atoms with van der Waals surface area (Å²) >= 11 is 9.69. The van der Waals surface area contributed by atoms with E-state index in [1.165, 1.54) is 0 Å². The van der Waals surface area contributed by atoms with Crippen LogP contribution in [0.2, 0.25) is 5.02 Å². The van der Waals surface area contributed by atoms with Crippen LogP contribution in [0.5, 0.6) is 5.75 Å². The molecule has 0 unspecified atom stereocenters. The van der Waals surface area contributed by atoms with Gasteiger partial charge in [-0.2, -0.15) is 0 Å². The molecule has 0 radical (unpaired) electrons. The molecule has 5 heteroatoms. The molecule has 0 aliphatic rings. The van der Waals surface area contributed by atoms with Gasteiger partial charge in [0.25, 0.3) is 0 Å². The molecular formula is C16H18BrClN2O. The van der Waals surface area contributed by atoms with Crippen molar-refractivity contribution in [2.24, 2.45) is 0 Å². The van der Waals surface area contributed by atoms with E-state index in [1.54, 1.807) is 12.4 Å². The molecule has 2 aromatic rings. The minimum absolute atomic E-state index is 0.392. The highest BCUT2D eigenvalue weighted by Gasteiger charge is 2.09. The summed E-state index contributed by atoms with van der Waals surface area (Å²) in [4.78, 5) is 4.13. The number of hydrogen-bond acceptors (Lipinski definition) is 3. The van der Waals surface area contributed by atoms with Gasteiger partial charge in [-0.05, 0) is 34.1 Å². The van der Waals surface area contributed by atoms with E-state index in [0.717, 1.165) is 21.3 Å². The van der Waals surface area contributed by atoms with Crippen molar-refractivity contribution in [3.8, 4) is 5.75 Å². The van der Waals surface area contributed by atoms with E-state index in [9.17, 15) is 0 Å². The zero-order chi connectivity index (χ0) is 15.2. The first-order valence-electron chi connectivity index (χ1n) is 6.79. The zero-order valence-electron chi connectivity index (χ0n) is 12.1. The lowest BCUT2D eigenvalue weighted by molar-refractivity contribution is 0.301. The molecular weight excluding hydrogens is 352 g/mol. The topological polar surface area (TPSA) is 34.1 Å². The quantitative estimate of drug-likeness (QED) is 0.809. The first-order valence-corrected chi connectivity index (χ1v) is 7.96. The highest BCUT2D eigenvalue weighted by molar-refractivity contribution is 9.10. The second kappa shape index (κ2) is 7.78. The van der Waals surface area contributed by atoms with Gasteiger partial charge in [-0.3, -0.25) is 4.98 Å². The maximum Gasteiger partial charge on any atom is 0.125 e. The third-order valence-electron chi connectivity index (χ3n) is 2.92. The molecule has 1 N–H and O–H groups in total. The molecule has 3 nitrogen and oxygen atoms in total. The largest absolute Gasteiger partial charge is 0.488 e. The summed E-state index contributed by atoms with van der Waals surface area (Å²) in [6.45, 7) is 5.35. The van der Waals surface area contributed by atoms with Crippen LogP contribution in [0.1, 0.15) is 25.0 Å². The van der Waals surface area contributed by atoms with E-state index in [4.69, 9.17) is 16.3 Å². The number of hydrogen-bond donors (Lipinski definition) is 1. The number of nitrogens with zero attached hydrogens (tertiary/aromatic N) is 1. The summed E-state index contributed by atoms with van der Waals surface area (Å²) in [6, 6.07) is 8.10. The molecule has 0 atom stereocenters. The molecule has 0 aliphatic carbocycles. The smallest absolute Gasteiger partial charge is 0.125 e. The Hall–Kier alpha value is -1.10. The average Bonchev–Trinajstić information content (AvgIpc) is 2.44. The fourth-order valence-corrected chi connectivity index (χ4v) is 2.49. The van der Waals surface area contributed by atoms with Gasteiger partial charge in [0.15, 0.2) is 0 Å². The molecule has 21 heavy (non-hydrogen) atoms. The Bertz CT molecular complexity index is 605. The molecule has 2 rings (SSSR count). The van der Waals surface area contributed by atoms with Crippen molar-refractivity contribution in [3.05, 3.63) is 57.3 Å². The maximum absolute atomic E-state index is 6.28. The Morgan fingerprint density at radius 1 is 1.33 bits per heavy atom. The number of ether oxygens (including phenoxy) is 1. The van der Waals surface area contributed by atoms with Crippen molar-refractivity contribution in [1.29, 1.82) is 0 Å². The van der Waals surface area contributed by atoms with E-state index in [2.05, 4.69) is 40.1 Å². The Morgan fingerprint density at radius 3 is 2.86 bits per heavy atom. The van der Waals surface area contributed by atoms with Gasteiger partial charge in [0, 0.05) is 45.6 Å². The van der Waals surface area contributed by atoms with Crippen LogP contribution in [-0.2, 0) is 13.2 Å². The van der Waals surface area contributed by atoms with E-state index in [1.807, 2.05) is 24.3 Å². The Morgan fingerprint density at radius 2 is 2.14 bits per heavy atom. The van der Waals surface area contributed by atoms with Gasteiger partial charge in [-0.25, -0.2) is 0 Å². The minimum Gasteiger partial charge on any atom is -0.488 e. The van der Waals surface area contributed by atoms with Crippen molar-refractivity contribution < 1.29 is 4.74 Å². The van der Waals surface area contributed by atoms with Crippen molar-refractivity contribution in [1.82, 2.24) is 10.3 Å². The number of aromatic nitrogens is 1. The lowest BCUT2D eigenvalue weighted by atomic mass is 10.2. The molecule has 1 aromatic carbocycles. The van der Waals surface area contributed by atoms with E-state index < -0.39 is 0 Å². The summed E-state index contributed by atoms with van der Waals surface area (Å²) in [5, 5.41) is 4.08. The first-order chi connectivity index (χ1) is 10.1. The lowest BCUT2D eigenvalue weighted by Gasteiger charge is -2.15. The Balaban J connectivity index is 2.10. The molecule has 0 bridgehead atoms. The molecule has 1 aromatic heterocycles. The first kappa shape index (κ1) is 16.3. The third kappa shape index (κ3) is 4.99. The fraction of sp³-hybridized carbons (Fsp3) is 0.312. The predicted octanol–water partition coefficient (Wildman–Crippen LogP) is 4.57. The predicted molar refractivity (Wildman–Crippen MR) is 89.7 cm³/mol. The zero-order valence-corrected chi connectivity index (χ0v) is 14.4. The van der Waals surface area contributed by atoms with E-state index >= 15 is 0 Å². The van der Waals surface area contributed by atoms with Crippen molar-refractivity contribution in [2.45, 2.75) is 33.0 Å². The van der Waals surface area contributed by atoms with Gasteiger partial charge in [-0.15, -0.1) is 0 Å². The van der Waals surface area contributed by atoms with Crippen LogP contribution in [-0.4, -0.2) is 11.0 Å². The van der Waals surface area contributed by atoms with Crippen LogP contribution in [0.3, 0.4) is 0 Å². The van der Waals surface area contributed by atoms with Crippen LogP contribution in [0.25, 0.3) is 0 Å². The number of rotatable bonds is 6. The van der Waals surface area contributed by atoms with Gasteiger partial charge < -0.3 is 10.1 Å². The highest BCUT2D eigenvalue weighted by atomic mass is 79.9. The third-order valence-corrected chi connectivity index (χ3v) is 3.71. The summed E-state index contributed by atoms with van der Waals surface area (Å²) in [5.41, 5.74) is 1.99. The molecule has 0 spiro atoms. The van der Waals surface area contributed by atoms with Gasteiger partial charge in [-0.1, -0.05) is 31.5 Å².